The van der Waals surface area contributed by atoms with Gasteiger partial charge in [0.05, 0.1) is 0 Å². The summed E-state index contributed by atoms with van der Waals surface area (Å²) < 4.78 is 0. The highest BCUT2D eigenvalue weighted by Gasteiger charge is 2.26. The van der Waals surface area contributed by atoms with E-state index in [4.69, 9.17) is 0 Å². The Kier molecular flexibility index (Phi) is 2.49. The molecule has 1 aromatic rings. The van der Waals surface area contributed by atoms with Crippen molar-refractivity contribution in [2.45, 2.75) is 12.5 Å². The Morgan fingerprint density at radius 2 is 2.64 bits per heavy atom. The van der Waals surface area contributed by atoms with Gasteiger partial charge >= 0.3 is 0 Å². The van der Waals surface area contributed by atoms with E-state index in [1.165, 1.54) is 0 Å². The average molecular weight is 194 g/mol. The first-order valence-corrected chi connectivity index (χ1v) is 4.77. The molecule has 76 valence electrons. The smallest absolute Gasteiger partial charge is 0.271 e. The summed E-state index contributed by atoms with van der Waals surface area (Å²) in [6, 6.07) is 2.14. The third-order valence-corrected chi connectivity index (χ3v) is 2.61. The second kappa shape index (κ2) is 3.79. The minimum atomic E-state index is 0.0419. The number of aromatic nitrogens is 2. The van der Waals surface area contributed by atoms with Crippen LogP contribution in [0.5, 0.6) is 0 Å². The molecule has 1 fully saturated rings. The van der Waals surface area contributed by atoms with E-state index in [2.05, 4.69) is 15.5 Å². The third-order valence-electron chi connectivity index (χ3n) is 2.61. The zero-order valence-electron chi connectivity index (χ0n) is 8.16. The normalized spacial score (nSPS) is 21.5. The van der Waals surface area contributed by atoms with Crippen LogP contribution >= 0.6 is 0 Å². The molecule has 0 bridgehead atoms. The molecule has 0 spiro atoms. The molecule has 0 aromatic carbocycles. The lowest BCUT2D eigenvalue weighted by Gasteiger charge is -2.14. The summed E-state index contributed by atoms with van der Waals surface area (Å²) in [6.07, 6.45) is 2.62. The van der Waals surface area contributed by atoms with Gasteiger partial charge in [-0.25, -0.2) is 0 Å². The van der Waals surface area contributed by atoms with E-state index < -0.39 is 0 Å². The number of nitrogens with one attached hydrogen (secondary N) is 2. The van der Waals surface area contributed by atoms with Crippen LogP contribution in [0.2, 0.25) is 0 Å². The Labute approximate surface area is 82.5 Å². The van der Waals surface area contributed by atoms with Crippen molar-refractivity contribution in [2.24, 2.45) is 0 Å². The molecule has 1 aliphatic rings. The van der Waals surface area contributed by atoms with Gasteiger partial charge in [0, 0.05) is 25.3 Å². The zero-order valence-corrected chi connectivity index (χ0v) is 8.16. The second-order valence-corrected chi connectivity index (χ2v) is 3.50. The fourth-order valence-electron chi connectivity index (χ4n) is 1.73. The topological polar surface area (TPSA) is 61.0 Å². The largest absolute Gasteiger partial charge is 0.336 e. The molecule has 1 unspecified atom stereocenters. The van der Waals surface area contributed by atoms with Gasteiger partial charge in [-0.15, -0.1) is 0 Å². The number of hydrogen-bond acceptors (Lipinski definition) is 3. The lowest BCUT2D eigenvalue weighted by Crippen LogP contribution is -2.33. The van der Waals surface area contributed by atoms with Crippen molar-refractivity contribution >= 4 is 5.91 Å². The molecule has 1 saturated heterocycles. The van der Waals surface area contributed by atoms with Gasteiger partial charge in [-0.05, 0) is 19.5 Å². The lowest BCUT2D eigenvalue weighted by molar-refractivity contribution is 0.0784. The first-order valence-electron chi connectivity index (χ1n) is 4.77. The highest BCUT2D eigenvalue weighted by molar-refractivity contribution is 5.92. The van der Waals surface area contributed by atoms with Gasteiger partial charge in [0.1, 0.15) is 5.69 Å². The van der Waals surface area contributed by atoms with Crippen LogP contribution in [0.4, 0.5) is 0 Å². The van der Waals surface area contributed by atoms with Crippen LogP contribution in [-0.4, -0.2) is 47.2 Å². The SMILES string of the molecule is CNC1CCN(C(=O)c2ccn[nH]2)C1. The van der Waals surface area contributed by atoms with Gasteiger partial charge in [0.15, 0.2) is 0 Å². The Hall–Kier alpha value is -1.36. The van der Waals surface area contributed by atoms with Gasteiger partial charge in [0.2, 0.25) is 0 Å². The van der Waals surface area contributed by atoms with Crippen LogP contribution in [0, 0.1) is 0 Å². The van der Waals surface area contributed by atoms with Crippen molar-refractivity contribution in [3.8, 4) is 0 Å². The third kappa shape index (κ3) is 1.63. The Bertz CT molecular complexity index is 309. The number of carbonyl (C=O) groups excluding carboxylic acids is 1. The monoisotopic (exact) mass is 194 g/mol. The number of likely N-dealkylation sites (N-methyl/N-ethyl adjacent to an activating group) is 1. The molecule has 0 aliphatic carbocycles. The van der Waals surface area contributed by atoms with Crippen molar-refractivity contribution in [1.29, 1.82) is 0 Å². The van der Waals surface area contributed by atoms with Gasteiger partial charge in [-0.1, -0.05) is 0 Å². The van der Waals surface area contributed by atoms with Crippen molar-refractivity contribution in [3.63, 3.8) is 0 Å². The number of rotatable bonds is 2. The molecule has 1 atom stereocenters. The molecule has 2 rings (SSSR count). The number of hydrogen-bond donors (Lipinski definition) is 2. The number of nitrogens with zero attached hydrogens (tertiary/aromatic N) is 2. The van der Waals surface area contributed by atoms with Crippen LogP contribution in [0.3, 0.4) is 0 Å². The van der Waals surface area contributed by atoms with Crippen LogP contribution < -0.4 is 5.32 Å². The molecule has 5 heteroatoms. The molecular weight excluding hydrogens is 180 g/mol. The molecule has 1 aliphatic heterocycles. The molecule has 0 saturated carbocycles. The summed E-state index contributed by atoms with van der Waals surface area (Å²) in [5, 5.41) is 9.63. The zero-order chi connectivity index (χ0) is 9.97. The molecule has 5 nitrogen and oxygen atoms in total. The standard InChI is InChI=1S/C9H14N4O/c1-10-7-3-5-13(6-7)9(14)8-2-4-11-12-8/h2,4,7,10H,3,5-6H2,1H3,(H,11,12). The van der Waals surface area contributed by atoms with Crippen molar-refractivity contribution in [3.05, 3.63) is 18.0 Å². The average Bonchev–Trinajstić information content (AvgIpc) is 2.88. The Morgan fingerprint density at radius 3 is 3.21 bits per heavy atom. The number of carbonyl (C=O) groups is 1. The lowest BCUT2D eigenvalue weighted by atomic mass is 10.3. The van der Waals surface area contributed by atoms with E-state index in [1.54, 1.807) is 12.3 Å². The molecule has 1 amide bonds. The predicted octanol–water partition coefficient (Wildman–Crippen LogP) is -0.156. The highest BCUT2D eigenvalue weighted by Crippen LogP contribution is 2.11. The molecule has 1 aromatic heterocycles. The summed E-state index contributed by atoms with van der Waals surface area (Å²) in [5.74, 6) is 0.0419. The maximum atomic E-state index is 11.8. The number of aromatic amines is 1. The van der Waals surface area contributed by atoms with Gasteiger partial charge < -0.3 is 10.2 Å². The summed E-state index contributed by atoms with van der Waals surface area (Å²) in [7, 11) is 1.93. The van der Waals surface area contributed by atoms with Crippen molar-refractivity contribution in [2.75, 3.05) is 20.1 Å². The predicted molar refractivity (Wildman–Crippen MR) is 52.0 cm³/mol. The van der Waals surface area contributed by atoms with Crippen LogP contribution in [0.1, 0.15) is 16.9 Å². The number of H-pyrrole nitrogens is 1. The summed E-state index contributed by atoms with van der Waals surface area (Å²) in [6.45, 7) is 1.61. The number of amides is 1. The first-order chi connectivity index (χ1) is 6.81. The fourth-order valence-corrected chi connectivity index (χ4v) is 1.73. The molecule has 0 radical (unpaired) electrons. The Balaban J connectivity index is 2.00. The summed E-state index contributed by atoms with van der Waals surface area (Å²) in [5.41, 5.74) is 0.571. The van der Waals surface area contributed by atoms with Gasteiger partial charge in [-0.2, -0.15) is 5.10 Å². The first kappa shape index (κ1) is 9.21. The molecule has 2 N–H and O–H groups in total. The second-order valence-electron chi connectivity index (χ2n) is 3.50. The minimum Gasteiger partial charge on any atom is -0.336 e. The van der Waals surface area contributed by atoms with Crippen LogP contribution in [0.25, 0.3) is 0 Å². The quantitative estimate of drug-likeness (QED) is 0.688. The molecular formula is C9H14N4O. The van der Waals surface area contributed by atoms with E-state index in [0.717, 1.165) is 19.5 Å². The van der Waals surface area contributed by atoms with E-state index in [-0.39, 0.29) is 5.91 Å². The molecule has 2 heterocycles. The summed E-state index contributed by atoms with van der Waals surface area (Å²) >= 11 is 0. The minimum absolute atomic E-state index is 0.0419. The van der Waals surface area contributed by atoms with E-state index >= 15 is 0 Å². The van der Waals surface area contributed by atoms with Crippen LogP contribution in [-0.2, 0) is 0 Å². The molecule has 14 heavy (non-hydrogen) atoms. The van der Waals surface area contributed by atoms with Gasteiger partial charge in [0.25, 0.3) is 5.91 Å². The Morgan fingerprint density at radius 1 is 1.79 bits per heavy atom. The van der Waals surface area contributed by atoms with E-state index in [0.29, 0.717) is 11.7 Å². The van der Waals surface area contributed by atoms with Gasteiger partial charge in [-0.3, -0.25) is 9.89 Å². The highest BCUT2D eigenvalue weighted by atomic mass is 16.2. The van der Waals surface area contributed by atoms with E-state index in [9.17, 15) is 4.79 Å². The fraction of sp³-hybridized carbons (Fsp3) is 0.556. The van der Waals surface area contributed by atoms with Crippen molar-refractivity contribution in [1.82, 2.24) is 20.4 Å². The van der Waals surface area contributed by atoms with Crippen LogP contribution in [0.15, 0.2) is 12.3 Å². The maximum absolute atomic E-state index is 11.8. The maximum Gasteiger partial charge on any atom is 0.271 e. The van der Waals surface area contributed by atoms with E-state index in [1.807, 2.05) is 11.9 Å². The van der Waals surface area contributed by atoms with Crippen molar-refractivity contribution < 1.29 is 4.79 Å². The summed E-state index contributed by atoms with van der Waals surface area (Å²) in [4.78, 5) is 13.6. The number of likely N-dealkylation sites (tertiary alicyclic amines) is 1.